The van der Waals surface area contributed by atoms with Gasteiger partial charge < -0.3 is 15.5 Å². The fourth-order valence-electron chi connectivity index (χ4n) is 2.73. The van der Waals surface area contributed by atoms with Crippen molar-refractivity contribution in [2.45, 2.75) is 27.2 Å². The average molecular weight is 349 g/mol. The maximum Gasteiger partial charge on any atom is 0.238 e. The van der Waals surface area contributed by atoms with Gasteiger partial charge in [-0.25, -0.2) is 0 Å². The Hall–Kier alpha value is -1.66. The molecule has 1 fully saturated rings. The minimum absolute atomic E-state index is 0.0452. The molecule has 6 heteroatoms. The number of nitrogens with zero attached hydrogens (tertiary/aromatic N) is 2. The zero-order valence-electron chi connectivity index (χ0n) is 14.9. The highest BCUT2D eigenvalue weighted by Crippen LogP contribution is 2.17. The fourth-order valence-corrected chi connectivity index (χ4v) is 3.02. The molecule has 1 aromatic rings. The molecule has 0 radical (unpaired) electrons. The molecule has 0 unspecified atom stereocenters. The molecule has 1 heterocycles. The third kappa shape index (κ3) is 5.18. The van der Waals surface area contributed by atoms with Crippen LogP contribution in [-0.2, 0) is 4.79 Å². The van der Waals surface area contributed by atoms with Crippen LogP contribution in [0.2, 0.25) is 0 Å². The van der Waals surface area contributed by atoms with Crippen molar-refractivity contribution in [2.75, 3.05) is 44.6 Å². The Morgan fingerprint density at radius 1 is 1.21 bits per heavy atom. The molecule has 1 saturated heterocycles. The van der Waals surface area contributed by atoms with Crippen LogP contribution in [0.15, 0.2) is 18.2 Å². The summed E-state index contributed by atoms with van der Waals surface area (Å²) in [5, 5.41) is 7.12. The van der Waals surface area contributed by atoms with E-state index < -0.39 is 0 Å². The van der Waals surface area contributed by atoms with Crippen LogP contribution in [-0.4, -0.2) is 60.1 Å². The van der Waals surface area contributed by atoms with Crippen molar-refractivity contribution in [3.05, 3.63) is 29.3 Å². The Labute approximate surface area is 150 Å². The van der Waals surface area contributed by atoms with Gasteiger partial charge in [-0.2, -0.15) is 0 Å². The maximum atomic E-state index is 12.3. The van der Waals surface area contributed by atoms with E-state index in [4.69, 9.17) is 12.2 Å². The van der Waals surface area contributed by atoms with Crippen LogP contribution in [0.3, 0.4) is 0 Å². The second kappa shape index (κ2) is 8.99. The quantitative estimate of drug-likeness (QED) is 0.799. The number of anilines is 1. The summed E-state index contributed by atoms with van der Waals surface area (Å²) in [6.07, 6.45) is 1.07. The Morgan fingerprint density at radius 2 is 1.92 bits per heavy atom. The molecule has 0 spiro atoms. The smallest absolute Gasteiger partial charge is 0.238 e. The molecule has 2 rings (SSSR count). The summed E-state index contributed by atoms with van der Waals surface area (Å²) >= 11 is 5.40. The van der Waals surface area contributed by atoms with E-state index in [0.717, 1.165) is 55.5 Å². The van der Waals surface area contributed by atoms with Crippen LogP contribution in [0.1, 0.15) is 24.5 Å². The Balaban J connectivity index is 1.78. The second-order valence-electron chi connectivity index (χ2n) is 6.29. The molecule has 1 amide bonds. The number of amides is 1. The highest BCUT2D eigenvalue weighted by atomic mass is 32.1. The Morgan fingerprint density at radius 3 is 2.58 bits per heavy atom. The number of hydrogen-bond donors (Lipinski definition) is 2. The number of rotatable bonds is 5. The van der Waals surface area contributed by atoms with Crippen LogP contribution in [0.5, 0.6) is 0 Å². The molecular formula is C18H28N4OS. The minimum Gasteiger partial charge on any atom is -0.363 e. The Bertz CT molecular complexity index is 582. The SMILES string of the molecule is CCCNC(=S)N1CCN(CC(=O)Nc2cccc(C)c2C)CC1. The molecular weight excluding hydrogens is 320 g/mol. The summed E-state index contributed by atoms with van der Waals surface area (Å²) in [6, 6.07) is 5.98. The summed E-state index contributed by atoms with van der Waals surface area (Å²) in [7, 11) is 0. The molecule has 0 bridgehead atoms. The molecule has 132 valence electrons. The van der Waals surface area contributed by atoms with Crippen LogP contribution in [0.4, 0.5) is 5.69 Å². The molecule has 0 aliphatic carbocycles. The van der Waals surface area contributed by atoms with Gasteiger partial charge >= 0.3 is 0 Å². The summed E-state index contributed by atoms with van der Waals surface area (Å²) in [6.45, 7) is 11.0. The zero-order valence-corrected chi connectivity index (χ0v) is 15.7. The van der Waals surface area contributed by atoms with Gasteiger partial charge in [-0.3, -0.25) is 9.69 Å². The van der Waals surface area contributed by atoms with Crippen molar-refractivity contribution < 1.29 is 4.79 Å². The number of benzene rings is 1. The lowest BCUT2D eigenvalue weighted by atomic mass is 10.1. The third-order valence-electron chi connectivity index (χ3n) is 4.43. The molecule has 2 N–H and O–H groups in total. The molecule has 5 nitrogen and oxygen atoms in total. The molecule has 1 aromatic carbocycles. The van der Waals surface area contributed by atoms with Gasteiger partial charge in [0.2, 0.25) is 5.91 Å². The van der Waals surface area contributed by atoms with Crippen LogP contribution < -0.4 is 10.6 Å². The van der Waals surface area contributed by atoms with E-state index in [1.807, 2.05) is 19.1 Å². The molecule has 0 aromatic heterocycles. The molecule has 1 aliphatic heterocycles. The monoisotopic (exact) mass is 348 g/mol. The normalized spacial score (nSPS) is 15.2. The molecule has 1 aliphatic rings. The van der Waals surface area contributed by atoms with Gasteiger partial charge in [0.1, 0.15) is 0 Å². The van der Waals surface area contributed by atoms with E-state index in [1.54, 1.807) is 0 Å². The first-order valence-corrected chi connectivity index (χ1v) is 9.03. The first kappa shape index (κ1) is 18.7. The van der Waals surface area contributed by atoms with E-state index in [-0.39, 0.29) is 5.91 Å². The van der Waals surface area contributed by atoms with Crippen molar-refractivity contribution in [1.82, 2.24) is 15.1 Å². The van der Waals surface area contributed by atoms with E-state index in [0.29, 0.717) is 6.54 Å². The van der Waals surface area contributed by atoms with Crippen molar-refractivity contribution in [2.24, 2.45) is 0 Å². The predicted molar refractivity (Wildman–Crippen MR) is 103 cm³/mol. The zero-order chi connectivity index (χ0) is 17.5. The van der Waals surface area contributed by atoms with E-state index in [2.05, 4.69) is 40.3 Å². The van der Waals surface area contributed by atoms with Crippen molar-refractivity contribution in [1.29, 1.82) is 0 Å². The van der Waals surface area contributed by atoms with Crippen molar-refractivity contribution in [3.63, 3.8) is 0 Å². The van der Waals surface area contributed by atoms with Gasteiger partial charge in [-0.05, 0) is 49.7 Å². The highest BCUT2D eigenvalue weighted by Gasteiger charge is 2.20. The first-order chi connectivity index (χ1) is 11.5. The summed E-state index contributed by atoms with van der Waals surface area (Å²) < 4.78 is 0. The van der Waals surface area contributed by atoms with E-state index >= 15 is 0 Å². The van der Waals surface area contributed by atoms with Crippen molar-refractivity contribution in [3.8, 4) is 0 Å². The number of piperazine rings is 1. The van der Waals surface area contributed by atoms with Crippen LogP contribution in [0, 0.1) is 13.8 Å². The molecule has 0 atom stereocenters. The first-order valence-electron chi connectivity index (χ1n) is 8.62. The number of aryl methyl sites for hydroxylation is 1. The minimum atomic E-state index is 0.0452. The van der Waals surface area contributed by atoms with Crippen LogP contribution in [0.25, 0.3) is 0 Å². The van der Waals surface area contributed by atoms with E-state index in [1.165, 1.54) is 5.56 Å². The lowest BCUT2D eigenvalue weighted by molar-refractivity contribution is -0.117. The van der Waals surface area contributed by atoms with Gasteiger partial charge in [0, 0.05) is 38.4 Å². The standard InChI is InChI=1S/C18H28N4OS/c1-4-8-19-18(24)22-11-9-21(10-12-22)13-17(23)20-16-7-5-6-14(2)15(16)3/h5-7H,4,8-13H2,1-3H3,(H,19,24)(H,20,23). The van der Waals surface area contributed by atoms with Gasteiger partial charge in [-0.1, -0.05) is 19.1 Å². The lowest BCUT2D eigenvalue weighted by Crippen LogP contribution is -2.53. The Kier molecular flexibility index (Phi) is 6.99. The number of carbonyl (C=O) groups excluding carboxylic acids is 1. The maximum absolute atomic E-state index is 12.3. The highest BCUT2D eigenvalue weighted by molar-refractivity contribution is 7.80. The van der Waals surface area contributed by atoms with E-state index in [9.17, 15) is 4.79 Å². The van der Waals surface area contributed by atoms with Gasteiger partial charge in [0.25, 0.3) is 0 Å². The number of thiocarbonyl (C=S) groups is 1. The van der Waals surface area contributed by atoms with Crippen molar-refractivity contribution >= 4 is 28.9 Å². The average Bonchev–Trinajstić information content (AvgIpc) is 2.57. The van der Waals surface area contributed by atoms with Gasteiger partial charge in [0.05, 0.1) is 6.54 Å². The number of nitrogens with one attached hydrogen (secondary N) is 2. The van der Waals surface area contributed by atoms with Crippen LogP contribution >= 0.6 is 12.2 Å². The van der Waals surface area contributed by atoms with Gasteiger partial charge in [-0.15, -0.1) is 0 Å². The van der Waals surface area contributed by atoms with Gasteiger partial charge in [0.15, 0.2) is 5.11 Å². The molecule has 24 heavy (non-hydrogen) atoms. The predicted octanol–water partition coefficient (Wildman–Crippen LogP) is 2.14. The molecule has 0 saturated carbocycles. The third-order valence-corrected chi connectivity index (χ3v) is 4.83. The summed E-state index contributed by atoms with van der Waals surface area (Å²) in [5.74, 6) is 0.0452. The topological polar surface area (TPSA) is 47.6 Å². The lowest BCUT2D eigenvalue weighted by Gasteiger charge is -2.35. The summed E-state index contributed by atoms with van der Waals surface area (Å²) in [4.78, 5) is 16.7. The second-order valence-corrected chi connectivity index (χ2v) is 6.68. The number of carbonyl (C=O) groups is 1. The fraction of sp³-hybridized carbons (Fsp3) is 0.556. The largest absolute Gasteiger partial charge is 0.363 e. The summed E-state index contributed by atoms with van der Waals surface area (Å²) in [5.41, 5.74) is 3.22. The number of hydrogen-bond acceptors (Lipinski definition) is 3.